The van der Waals surface area contributed by atoms with E-state index in [4.69, 9.17) is 10.5 Å². The van der Waals surface area contributed by atoms with Crippen LogP contribution in [0, 0.1) is 5.82 Å². The number of anilines is 2. The minimum atomic E-state index is -0.516. The number of hydrogen-bond acceptors (Lipinski definition) is 4. The fourth-order valence-corrected chi connectivity index (χ4v) is 2.14. The van der Waals surface area contributed by atoms with Gasteiger partial charge in [-0.1, -0.05) is 24.3 Å². The minimum Gasteiger partial charge on any atom is -0.444 e. The molecule has 0 saturated heterocycles. The number of nitrogen functional groups attached to an aromatic ring is 1. The molecule has 134 valence electrons. The smallest absolute Gasteiger partial charge is 0.407 e. The Labute approximate surface area is 147 Å². The predicted octanol–water partition coefficient (Wildman–Crippen LogP) is 4.04. The molecule has 5 nitrogen and oxygen atoms in total. The zero-order valence-corrected chi connectivity index (χ0v) is 14.7. The second-order valence-corrected chi connectivity index (χ2v) is 6.76. The third-order valence-corrected chi connectivity index (χ3v) is 3.36. The van der Waals surface area contributed by atoms with Crippen LogP contribution in [0.2, 0.25) is 0 Å². The number of halogens is 1. The third-order valence-electron chi connectivity index (χ3n) is 3.36. The Balaban J connectivity index is 1.85. The topological polar surface area (TPSA) is 76.4 Å². The van der Waals surface area contributed by atoms with Gasteiger partial charge in [0.1, 0.15) is 11.4 Å². The highest BCUT2D eigenvalue weighted by Gasteiger charge is 2.15. The van der Waals surface area contributed by atoms with Crippen LogP contribution in [0.1, 0.15) is 31.9 Å². The molecule has 0 spiro atoms. The largest absolute Gasteiger partial charge is 0.444 e. The molecule has 0 fully saturated rings. The van der Waals surface area contributed by atoms with E-state index in [2.05, 4.69) is 10.6 Å². The molecule has 0 aliphatic rings. The zero-order chi connectivity index (χ0) is 18.4. The Morgan fingerprint density at radius 2 is 1.68 bits per heavy atom. The third kappa shape index (κ3) is 6.33. The first-order valence-corrected chi connectivity index (χ1v) is 8.06. The van der Waals surface area contributed by atoms with Crippen LogP contribution < -0.4 is 16.4 Å². The Morgan fingerprint density at radius 1 is 1.08 bits per heavy atom. The van der Waals surface area contributed by atoms with Crippen LogP contribution in [0.5, 0.6) is 0 Å². The summed E-state index contributed by atoms with van der Waals surface area (Å²) in [5.74, 6) is -0.333. The van der Waals surface area contributed by atoms with Crippen molar-refractivity contribution in [2.75, 3.05) is 11.1 Å². The lowest BCUT2D eigenvalue weighted by molar-refractivity contribution is 0.0523. The molecule has 0 atom stereocenters. The van der Waals surface area contributed by atoms with E-state index >= 15 is 0 Å². The maximum Gasteiger partial charge on any atom is 0.407 e. The lowest BCUT2D eigenvalue weighted by Crippen LogP contribution is -2.32. The van der Waals surface area contributed by atoms with Gasteiger partial charge in [-0.05, 0) is 50.1 Å². The number of alkyl carbamates (subject to hydrolysis) is 1. The van der Waals surface area contributed by atoms with E-state index in [1.54, 1.807) is 0 Å². The van der Waals surface area contributed by atoms with Gasteiger partial charge in [0, 0.05) is 13.1 Å². The van der Waals surface area contributed by atoms with Crippen molar-refractivity contribution in [3.05, 3.63) is 59.4 Å². The van der Waals surface area contributed by atoms with E-state index in [1.165, 1.54) is 18.2 Å². The molecule has 25 heavy (non-hydrogen) atoms. The fourth-order valence-electron chi connectivity index (χ4n) is 2.14. The quantitative estimate of drug-likeness (QED) is 0.715. The van der Waals surface area contributed by atoms with Crippen LogP contribution in [0.25, 0.3) is 0 Å². The number of amides is 1. The average Bonchev–Trinajstić information content (AvgIpc) is 2.53. The van der Waals surface area contributed by atoms with E-state index in [0.717, 1.165) is 11.1 Å². The molecule has 1 amide bonds. The summed E-state index contributed by atoms with van der Waals surface area (Å²) in [6.07, 6.45) is -0.445. The molecule has 0 bridgehead atoms. The molecular formula is C19H24FN3O2. The second kappa shape index (κ2) is 7.88. The van der Waals surface area contributed by atoms with E-state index in [1.807, 2.05) is 45.0 Å². The lowest BCUT2D eigenvalue weighted by atomic mass is 10.1. The summed E-state index contributed by atoms with van der Waals surface area (Å²) in [5.41, 5.74) is 8.33. The first kappa shape index (κ1) is 18.6. The summed E-state index contributed by atoms with van der Waals surface area (Å²) in [4.78, 5) is 11.6. The summed E-state index contributed by atoms with van der Waals surface area (Å²) in [5, 5.41) is 5.82. The average molecular weight is 345 g/mol. The van der Waals surface area contributed by atoms with Gasteiger partial charge < -0.3 is 21.1 Å². The Kier molecular flexibility index (Phi) is 5.85. The van der Waals surface area contributed by atoms with Crippen molar-refractivity contribution in [3.8, 4) is 0 Å². The number of hydrogen-bond donors (Lipinski definition) is 3. The number of carbonyl (C=O) groups excluding carboxylic acids is 1. The molecule has 2 aromatic carbocycles. The van der Waals surface area contributed by atoms with E-state index in [-0.39, 0.29) is 5.82 Å². The molecule has 0 aliphatic carbocycles. The molecule has 0 radical (unpaired) electrons. The molecule has 6 heteroatoms. The molecule has 0 heterocycles. The Hall–Kier alpha value is -2.76. The summed E-state index contributed by atoms with van der Waals surface area (Å²) in [6.45, 7) is 6.37. The normalized spacial score (nSPS) is 11.0. The van der Waals surface area contributed by atoms with Gasteiger partial charge in [-0.15, -0.1) is 0 Å². The standard InChI is InChI=1S/C19H24FN3O2/c1-19(2,3)25-18(24)23-12-14-6-4-13(5-7-14)11-22-17-10-15(20)8-9-16(17)21/h4-10,22H,11-12,21H2,1-3H3,(H,23,24). The van der Waals surface area contributed by atoms with Crippen LogP contribution in [0.15, 0.2) is 42.5 Å². The van der Waals surface area contributed by atoms with Crippen molar-refractivity contribution in [1.29, 1.82) is 0 Å². The summed E-state index contributed by atoms with van der Waals surface area (Å²) in [7, 11) is 0. The van der Waals surface area contributed by atoms with Gasteiger partial charge in [-0.2, -0.15) is 0 Å². The zero-order valence-electron chi connectivity index (χ0n) is 14.7. The SMILES string of the molecule is CC(C)(C)OC(=O)NCc1ccc(CNc2cc(F)ccc2N)cc1. The summed E-state index contributed by atoms with van der Waals surface area (Å²) in [6, 6.07) is 11.9. The number of carbonyl (C=O) groups is 1. The summed E-state index contributed by atoms with van der Waals surface area (Å²) >= 11 is 0. The maximum atomic E-state index is 13.2. The molecule has 0 saturated carbocycles. The van der Waals surface area contributed by atoms with Crippen molar-refractivity contribution in [2.24, 2.45) is 0 Å². The minimum absolute atomic E-state index is 0.333. The maximum absolute atomic E-state index is 13.2. The van der Waals surface area contributed by atoms with Crippen LogP contribution in [0.3, 0.4) is 0 Å². The van der Waals surface area contributed by atoms with Crippen LogP contribution in [-0.2, 0) is 17.8 Å². The van der Waals surface area contributed by atoms with Gasteiger partial charge in [0.2, 0.25) is 0 Å². The van der Waals surface area contributed by atoms with Gasteiger partial charge in [-0.25, -0.2) is 9.18 Å². The van der Waals surface area contributed by atoms with Gasteiger partial charge in [0.25, 0.3) is 0 Å². The van der Waals surface area contributed by atoms with Gasteiger partial charge in [0.05, 0.1) is 11.4 Å². The molecule has 2 aromatic rings. The molecule has 0 aliphatic heterocycles. The van der Waals surface area contributed by atoms with Crippen LogP contribution in [0.4, 0.5) is 20.6 Å². The van der Waals surface area contributed by atoms with Gasteiger partial charge >= 0.3 is 6.09 Å². The van der Waals surface area contributed by atoms with Crippen LogP contribution >= 0.6 is 0 Å². The number of ether oxygens (including phenoxy) is 1. The number of nitrogens with two attached hydrogens (primary N) is 1. The number of rotatable bonds is 5. The van der Waals surface area contributed by atoms with Crippen LogP contribution in [-0.4, -0.2) is 11.7 Å². The monoisotopic (exact) mass is 345 g/mol. The summed E-state index contributed by atoms with van der Waals surface area (Å²) < 4.78 is 18.4. The van der Waals surface area contributed by atoms with E-state index in [9.17, 15) is 9.18 Å². The molecule has 0 aromatic heterocycles. The molecule has 2 rings (SSSR count). The van der Waals surface area contributed by atoms with Crippen molar-refractivity contribution in [3.63, 3.8) is 0 Å². The first-order valence-electron chi connectivity index (χ1n) is 8.06. The highest BCUT2D eigenvalue weighted by atomic mass is 19.1. The highest BCUT2D eigenvalue weighted by molar-refractivity contribution is 5.67. The van der Waals surface area contributed by atoms with Crippen molar-refractivity contribution >= 4 is 17.5 Å². The van der Waals surface area contributed by atoms with Gasteiger partial charge in [-0.3, -0.25) is 0 Å². The van der Waals surface area contributed by atoms with Gasteiger partial charge in [0.15, 0.2) is 0 Å². The fraction of sp³-hybridized carbons (Fsp3) is 0.316. The van der Waals surface area contributed by atoms with E-state index in [0.29, 0.717) is 24.5 Å². The molecule has 0 unspecified atom stereocenters. The van der Waals surface area contributed by atoms with Crippen molar-refractivity contribution < 1.29 is 13.9 Å². The molecule has 4 N–H and O–H groups in total. The second-order valence-electron chi connectivity index (χ2n) is 6.76. The van der Waals surface area contributed by atoms with Crippen molar-refractivity contribution in [1.82, 2.24) is 5.32 Å². The lowest BCUT2D eigenvalue weighted by Gasteiger charge is -2.19. The first-order chi connectivity index (χ1) is 11.7. The highest BCUT2D eigenvalue weighted by Crippen LogP contribution is 2.20. The Morgan fingerprint density at radius 3 is 2.28 bits per heavy atom. The Bertz CT molecular complexity index is 724. The van der Waals surface area contributed by atoms with Crippen molar-refractivity contribution in [2.45, 2.75) is 39.5 Å². The predicted molar refractivity (Wildman–Crippen MR) is 97.7 cm³/mol. The number of nitrogens with one attached hydrogen (secondary N) is 2. The molecular weight excluding hydrogens is 321 g/mol. The van der Waals surface area contributed by atoms with E-state index < -0.39 is 11.7 Å². The number of benzene rings is 2.